The van der Waals surface area contributed by atoms with E-state index in [1.807, 2.05) is 6.07 Å². The molecule has 5 heteroatoms. The topological polar surface area (TPSA) is 33.0 Å². The van der Waals surface area contributed by atoms with Crippen LogP contribution in [0.25, 0.3) is 0 Å². The third kappa shape index (κ3) is 5.08. The van der Waals surface area contributed by atoms with Crippen molar-refractivity contribution >= 4 is 0 Å². The van der Waals surface area contributed by atoms with E-state index in [-0.39, 0.29) is 43.5 Å². The fraction of sp³-hybridized carbons (Fsp3) is 0. The molecule has 0 heterocycles. The van der Waals surface area contributed by atoms with Crippen molar-refractivity contribution in [3.05, 3.63) is 72.1 Å². The second kappa shape index (κ2) is 8.76. The summed E-state index contributed by atoms with van der Waals surface area (Å²) in [5.41, 5.74) is 1.15. The van der Waals surface area contributed by atoms with E-state index in [0.29, 0.717) is 11.1 Å². The van der Waals surface area contributed by atoms with Crippen molar-refractivity contribution in [2.45, 2.75) is 0 Å². The minimum atomic E-state index is -0.482. The third-order valence-electron chi connectivity index (χ3n) is 2.13. The Kier molecular flexibility index (Phi) is 8.17. The largest absolute Gasteiger partial charge is 1.00 e. The molecule has 0 aliphatic heterocycles. The van der Waals surface area contributed by atoms with Crippen LogP contribution >= 0.6 is 0 Å². The van der Waals surface area contributed by atoms with E-state index in [0.717, 1.165) is 0 Å². The predicted octanol–water partition coefficient (Wildman–Crippen LogP) is -2.91. The first kappa shape index (κ1) is 17.7. The number of nitrogens with zero attached hydrogens (tertiary/aromatic N) is 1. The molecule has 2 aromatic carbocycles. The molecule has 0 saturated carbocycles. The summed E-state index contributed by atoms with van der Waals surface area (Å²) in [5, 5.41) is 8.87. The summed E-state index contributed by atoms with van der Waals surface area (Å²) >= 11 is 0. The minimum absolute atomic E-state index is 0. The maximum Gasteiger partial charge on any atom is 1.00 e. The van der Waals surface area contributed by atoms with Crippen LogP contribution in [0.4, 0.5) is 4.39 Å². The van der Waals surface area contributed by atoms with Gasteiger partial charge in [0.25, 0.3) is 0 Å². The van der Waals surface area contributed by atoms with E-state index in [9.17, 15) is 4.39 Å². The average molecular weight is 239 g/mol. The van der Waals surface area contributed by atoms with Crippen LogP contribution < -0.4 is 42.5 Å². The molecule has 0 aliphatic carbocycles. The van der Waals surface area contributed by atoms with Gasteiger partial charge in [0.1, 0.15) is 0 Å². The zero-order valence-electron chi connectivity index (χ0n) is 10.9. The molecule has 2 nitrogen and oxygen atoms in total. The number of benzene rings is 2. The molecular formula is C14H8FLi2NO. The fourth-order valence-electron chi connectivity index (χ4n) is 1.32. The van der Waals surface area contributed by atoms with E-state index in [1.165, 1.54) is 18.7 Å². The first-order valence-electron chi connectivity index (χ1n) is 4.96. The Morgan fingerprint density at radius 3 is 2.53 bits per heavy atom. The third-order valence-corrected chi connectivity index (χ3v) is 2.13. The smallest absolute Gasteiger partial charge is 0.548 e. The molecule has 0 aliphatic rings. The van der Waals surface area contributed by atoms with E-state index >= 15 is 0 Å². The Morgan fingerprint density at radius 1 is 1.11 bits per heavy atom. The van der Waals surface area contributed by atoms with Gasteiger partial charge in [0.05, 0.1) is 0 Å². The maximum atomic E-state index is 12.8. The van der Waals surface area contributed by atoms with Gasteiger partial charge in [0.15, 0.2) is 0 Å². The second-order valence-electron chi connectivity index (χ2n) is 3.30. The normalized spacial score (nSPS) is 8.42. The van der Waals surface area contributed by atoms with Crippen molar-refractivity contribution in [1.29, 1.82) is 5.26 Å². The van der Waals surface area contributed by atoms with Crippen molar-refractivity contribution in [2.75, 3.05) is 0 Å². The molecule has 2 rings (SSSR count). The summed E-state index contributed by atoms with van der Waals surface area (Å²) in [5.74, 6) is -0.206. The van der Waals surface area contributed by atoms with Crippen LogP contribution in [-0.4, -0.2) is 0 Å². The maximum absolute atomic E-state index is 12.8. The molecule has 0 spiro atoms. The van der Waals surface area contributed by atoms with Gasteiger partial charge < -0.3 is 4.74 Å². The van der Waals surface area contributed by atoms with Crippen molar-refractivity contribution in [3.8, 4) is 11.8 Å². The zero-order chi connectivity index (χ0) is 12.1. The number of halogens is 1. The predicted molar refractivity (Wildman–Crippen MR) is 60.4 cm³/mol. The van der Waals surface area contributed by atoms with Gasteiger partial charge in [-0.15, -0.1) is 35.9 Å². The number of ether oxygens (including phenoxy) is 1. The number of nitriles is 1. The summed E-state index contributed by atoms with van der Waals surface area (Å²) in [6.07, 6.45) is 0. The van der Waals surface area contributed by atoms with Crippen LogP contribution in [0.15, 0.2) is 42.5 Å². The summed E-state index contributed by atoms with van der Waals surface area (Å²) in [4.78, 5) is 0. The standard InChI is InChI=1S/C14H8FNO.2Li/c15-13-6-3-7-14(8-13)17-10-12-5-2-1-4-11(12)9-16;;/h1-7,10H;;/q-2;2*+1. The Hall–Kier alpha value is -1.28. The summed E-state index contributed by atoms with van der Waals surface area (Å²) < 4.78 is 18.1. The number of rotatable bonds is 3. The van der Waals surface area contributed by atoms with Crippen molar-refractivity contribution in [3.63, 3.8) is 0 Å². The second-order valence-corrected chi connectivity index (χ2v) is 3.30. The van der Waals surface area contributed by atoms with Crippen LogP contribution in [-0.2, 0) is 0 Å². The molecule has 0 unspecified atom stereocenters. The van der Waals surface area contributed by atoms with E-state index in [1.54, 1.807) is 30.3 Å². The molecule has 0 saturated heterocycles. The van der Waals surface area contributed by atoms with Crippen molar-refractivity contribution < 1.29 is 46.8 Å². The van der Waals surface area contributed by atoms with E-state index < -0.39 is 5.82 Å². The van der Waals surface area contributed by atoms with Crippen molar-refractivity contribution in [2.24, 2.45) is 0 Å². The SMILES string of the molecule is N#Cc1ccccc1[CH-]Oc1[c-]c(F)ccc1.[Li+].[Li+]. The van der Waals surface area contributed by atoms with E-state index in [4.69, 9.17) is 10.00 Å². The Morgan fingerprint density at radius 2 is 1.84 bits per heavy atom. The van der Waals surface area contributed by atoms with Crippen LogP contribution in [0.1, 0.15) is 11.1 Å². The molecule has 2 aromatic rings. The first-order valence-corrected chi connectivity index (χ1v) is 4.96. The van der Waals surface area contributed by atoms with Gasteiger partial charge in [-0.1, -0.05) is 6.07 Å². The molecule has 84 valence electrons. The number of hydrogen-bond donors (Lipinski definition) is 0. The van der Waals surface area contributed by atoms with Crippen LogP contribution in [0.3, 0.4) is 0 Å². The quantitative estimate of drug-likeness (QED) is 0.425. The summed E-state index contributed by atoms with van der Waals surface area (Å²) in [6.45, 7) is 1.41. The molecule has 0 aromatic heterocycles. The zero-order valence-corrected chi connectivity index (χ0v) is 10.9. The fourth-order valence-corrected chi connectivity index (χ4v) is 1.32. The summed E-state index contributed by atoms with van der Waals surface area (Å²) in [7, 11) is 0. The Balaban J connectivity index is 0.00000162. The molecule has 0 fully saturated rings. The molecule has 0 bridgehead atoms. The van der Waals surface area contributed by atoms with Gasteiger partial charge >= 0.3 is 37.7 Å². The molecule has 0 N–H and O–H groups in total. The molecule has 0 radical (unpaired) electrons. The average Bonchev–Trinajstić information content (AvgIpc) is 2.37. The Labute approximate surface area is 135 Å². The van der Waals surface area contributed by atoms with Gasteiger partial charge in [-0.3, -0.25) is 0 Å². The minimum Gasteiger partial charge on any atom is -0.548 e. The van der Waals surface area contributed by atoms with Crippen LogP contribution in [0, 0.1) is 29.8 Å². The van der Waals surface area contributed by atoms with Gasteiger partial charge in [-0.2, -0.15) is 12.1 Å². The first-order chi connectivity index (χ1) is 8.29. The molecule has 0 amide bonds. The van der Waals surface area contributed by atoms with Gasteiger partial charge in [-0.25, -0.2) is 9.65 Å². The summed E-state index contributed by atoms with van der Waals surface area (Å²) in [6, 6.07) is 15.9. The van der Waals surface area contributed by atoms with Gasteiger partial charge in [0.2, 0.25) is 0 Å². The molecule has 19 heavy (non-hydrogen) atoms. The van der Waals surface area contributed by atoms with Crippen LogP contribution in [0.5, 0.6) is 5.75 Å². The van der Waals surface area contributed by atoms with Gasteiger partial charge in [-0.05, 0) is 17.9 Å². The number of hydrogen-bond acceptors (Lipinski definition) is 2. The van der Waals surface area contributed by atoms with E-state index in [2.05, 4.69) is 6.07 Å². The van der Waals surface area contributed by atoms with Crippen molar-refractivity contribution in [1.82, 2.24) is 0 Å². The Bertz CT molecular complexity index is 569. The van der Waals surface area contributed by atoms with Gasteiger partial charge in [0, 0.05) is 11.9 Å². The monoisotopic (exact) mass is 239 g/mol. The molecular weight excluding hydrogens is 231 g/mol. The molecule has 0 atom stereocenters. The van der Waals surface area contributed by atoms with Crippen LogP contribution in [0.2, 0.25) is 0 Å².